The van der Waals surface area contributed by atoms with Gasteiger partial charge < -0.3 is 14.4 Å². The van der Waals surface area contributed by atoms with E-state index in [1.165, 1.54) is 17.3 Å². The van der Waals surface area contributed by atoms with Gasteiger partial charge in [-0.2, -0.15) is 0 Å². The van der Waals surface area contributed by atoms with Gasteiger partial charge in [0.1, 0.15) is 5.75 Å². The first-order valence-electron chi connectivity index (χ1n) is 10.3. The van der Waals surface area contributed by atoms with Crippen molar-refractivity contribution in [3.05, 3.63) is 54.1 Å². The first kappa shape index (κ1) is 21.4. The van der Waals surface area contributed by atoms with Crippen LogP contribution in [-0.2, 0) is 9.53 Å². The van der Waals surface area contributed by atoms with Gasteiger partial charge in [-0.05, 0) is 50.2 Å². The minimum Gasteiger partial charge on any atom is -0.497 e. The molecule has 0 aliphatic carbocycles. The fourth-order valence-corrected chi connectivity index (χ4v) is 4.40. The normalized spacial score (nSPS) is 15.0. The van der Waals surface area contributed by atoms with E-state index in [2.05, 4.69) is 29.3 Å². The number of thioether (sulfide) groups is 1. The van der Waals surface area contributed by atoms with E-state index in [4.69, 9.17) is 9.47 Å². The number of rotatable bonds is 6. The molecule has 1 atom stereocenters. The molecule has 1 saturated heterocycles. The zero-order chi connectivity index (χ0) is 21.8. The largest absolute Gasteiger partial charge is 0.497 e. The molecular weight excluding hydrogens is 412 g/mol. The van der Waals surface area contributed by atoms with Gasteiger partial charge in [-0.15, -0.1) is 10.2 Å². The topological polar surface area (TPSA) is 69.5 Å². The number of ether oxygens (including phenoxy) is 2. The lowest BCUT2D eigenvalue weighted by Gasteiger charge is -2.28. The first-order valence-corrected chi connectivity index (χ1v) is 11.1. The van der Waals surface area contributed by atoms with Gasteiger partial charge in [0.25, 0.3) is 0 Å². The molecule has 1 aliphatic heterocycles. The zero-order valence-electron chi connectivity index (χ0n) is 17.9. The van der Waals surface area contributed by atoms with Gasteiger partial charge in [-0.1, -0.05) is 29.5 Å². The zero-order valence-corrected chi connectivity index (χ0v) is 18.8. The quantitative estimate of drug-likeness (QED) is 0.548. The summed E-state index contributed by atoms with van der Waals surface area (Å²) in [6, 6.07) is 15.9. The minimum absolute atomic E-state index is 0.0951. The molecular formula is C23H26N4O3S. The molecule has 0 radical (unpaired) electrons. The van der Waals surface area contributed by atoms with Crippen LogP contribution in [0.1, 0.15) is 12.5 Å². The van der Waals surface area contributed by atoms with E-state index in [0.29, 0.717) is 31.5 Å². The van der Waals surface area contributed by atoms with Gasteiger partial charge in [0.05, 0.1) is 25.6 Å². The van der Waals surface area contributed by atoms with E-state index < -0.39 is 0 Å². The van der Waals surface area contributed by atoms with Crippen LogP contribution in [0.2, 0.25) is 0 Å². The van der Waals surface area contributed by atoms with Gasteiger partial charge in [0.15, 0.2) is 11.0 Å². The number of aromatic nitrogens is 3. The summed E-state index contributed by atoms with van der Waals surface area (Å²) in [6.45, 7) is 6.41. The smallest absolute Gasteiger partial charge is 0.236 e. The van der Waals surface area contributed by atoms with Crippen molar-refractivity contribution in [2.24, 2.45) is 0 Å². The van der Waals surface area contributed by atoms with Crippen molar-refractivity contribution in [1.82, 2.24) is 19.7 Å². The second-order valence-electron chi connectivity index (χ2n) is 7.40. The Morgan fingerprint density at radius 2 is 1.74 bits per heavy atom. The van der Waals surface area contributed by atoms with Crippen LogP contribution in [0, 0.1) is 6.92 Å². The summed E-state index contributed by atoms with van der Waals surface area (Å²) in [4.78, 5) is 14.8. The average Bonchev–Trinajstić information content (AvgIpc) is 3.23. The Morgan fingerprint density at radius 3 is 2.39 bits per heavy atom. The molecule has 1 fully saturated rings. The summed E-state index contributed by atoms with van der Waals surface area (Å²) in [6.07, 6.45) is 0. The van der Waals surface area contributed by atoms with Crippen LogP contribution in [0.15, 0.2) is 53.7 Å². The molecule has 0 N–H and O–H groups in total. The number of carbonyl (C=O) groups excluding carboxylic acids is 1. The predicted molar refractivity (Wildman–Crippen MR) is 121 cm³/mol. The molecule has 1 aliphatic rings. The van der Waals surface area contributed by atoms with E-state index in [-0.39, 0.29) is 11.2 Å². The summed E-state index contributed by atoms with van der Waals surface area (Å²) in [5.74, 6) is 1.60. The lowest BCUT2D eigenvalue weighted by atomic mass is 10.2. The minimum atomic E-state index is -0.282. The Bertz CT molecular complexity index is 1030. The Labute approximate surface area is 186 Å². The van der Waals surface area contributed by atoms with Gasteiger partial charge in [0.2, 0.25) is 5.91 Å². The third-order valence-corrected chi connectivity index (χ3v) is 6.26. The number of hydrogen-bond acceptors (Lipinski definition) is 6. The van der Waals surface area contributed by atoms with Gasteiger partial charge in [-0.3, -0.25) is 9.36 Å². The van der Waals surface area contributed by atoms with Crippen LogP contribution in [0.5, 0.6) is 5.75 Å². The van der Waals surface area contributed by atoms with E-state index in [1.54, 1.807) is 7.11 Å². The standard InChI is InChI=1S/C23H26N4O3S/c1-16-4-8-19(9-5-16)27-21(18-6-10-20(29-3)11-7-18)24-25-23(27)31-17(2)22(28)26-12-14-30-15-13-26/h4-11,17H,12-15H2,1-3H3. The Hall–Kier alpha value is -2.84. The maximum atomic E-state index is 12.9. The molecule has 0 saturated carbocycles. The molecule has 0 bridgehead atoms. The summed E-state index contributed by atoms with van der Waals surface area (Å²) in [5.41, 5.74) is 3.05. The fourth-order valence-electron chi connectivity index (χ4n) is 3.45. The molecule has 4 rings (SSSR count). The molecule has 2 aromatic carbocycles. The lowest BCUT2D eigenvalue weighted by molar-refractivity contribution is -0.134. The number of morpholine rings is 1. The van der Waals surface area contributed by atoms with Crippen molar-refractivity contribution in [2.75, 3.05) is 33.4 Å². The first-order chi connectivity index (χ1) is 15.1. The number of methoxy groups -OCH3 is 1. The fraction of sp³-hybridized carbons (Fsp3) is 0.348. The van der Waals surface area contributed by atoms with Crippen molar-refractivity contribution in [2.45, 2.75) is 24.3 Å². The van der Waals surface area contributed by atoms with Crippen LogP contribution in [-0.4, -0.2) is 64.2 Å². The number of hydrogen-bond donors (Lipinski definition) is 0. The second-order valence-corrected chi connectivity index (χ2v) is 8.71. The second kappa shape index (κ2) is 9.53. The monoisotopic (exact) mass is 438 g/mol. The molecule has 1 amide bonds. The summed E-state index contributed by atoms with van der Waals surface area (Å²) >= 11 is 1.43. The summed E-state index contributed by atoms with van der Waals surface area (Å²) in [5, 5.41) is 9.32. The number of aryl methyl sites for hydroxylation is 1. The van der Waals surface area contributed by atoms with Crippen LogP contribution in [0.3, 0.4) is 0 Å². The Kier molecular flexibility index (Phi) is 6.58. The highest BCUT2D eigenvalue weighted by Gasteiger charge is 2.26. The van der Waals surface area contributed by atoms with E-state index in [1.807, 2.05) is 52.8 Å². The maximum absolute atomic E-state index is 12.9. The molecule has 162 valence electrons. The SMILES string of the molecule is COc1ccc(-c2nnc(SC(C)C(=O)N3CCOCC3)n2-c2ccc(C)cc2)cc1. The number of benzene rings is 2. The van der Waals surface area contributed by atoms with Crippen molar-refractivity contribution in [1.29, 1.82) is 0 Å². The highest BCUT2D eigenvalue weighted by molar-refractivity contribution is 8.00. The van der Waals surface area contributed by atoms with Crippen molar-refractivity contribution >= 4 is 17.7 Å². The predicted octanol–water partition coefficient (Wildman–Crippen LogP) is 3.59. The van der Waals surface area contributed by atoms with Crippen LogP contribution < -0.4 is 4.74 Å². The number of carbonyl (C=O) groups is 1. The molecule has 1 unspecified atom stereocenters. The number of amides is 1. The molecule has 8 heteroatoms. The van der Waals surface area contributed by atoms with Gasteiger partial charge in [0, 0.05) is 24.3 Å². The molecule has 1 aromatic heterocycles. The molecule has 2 heterocycles. The van der Waals surface area contributed by atoms with Crippen LogP contribution >= 0.6 is 11.8 Å². The lowest BCUT2D eigenvalue weighted by Crippen LogP contribution is -2.44. The summed E-state index contributed by atoms with van der Waals surface area (Å²) < 4.78 is 12.7. The van der Waals surface area contributed by atoms with Crippen LogP contribution in [0.4, 0.5) is 0 Å². The summed E-state index contributed by atoms with van der Waals surface area (Å²) in [7, 11) is 1.64. The molecule has 3 aromatic rings. The average molecular weight is 439 g/mol. The van der Waals surface area contributed by atoms with Crippen molar-refractivity contribution in [3.8, 4) is 22.8 Å². The van der Waals surface area contributed by atoms with Crippen LogP contribution in [0.25, 0.3) is 17.1 Å². The molecule has 7 nitrogen and oxygen atoms in total. The van der Waals surface area contributed by atoms with Gasteiger partial charge in [-0.25, -0.2) is 0 Å². The van der Waals surface area contributed by atoms with E-state index >= 15 is 0 Å². The highest BCUT2D eigenvalue weighted by atomic mass is 32.2. The Morgan fingerprint density at radius 1 is 1.06 bits per heavy atom. The van der Waals surface area contributed by atoms with Gasteiger partial charge >= 0.3 is 0 Å². The third-order valence-electron chi connectivity index (χ3n) is 5.23. The molecule has 0 spiro atoms. The van der Waals surface area contributed by atoms with E-state index in [9.17, 15) is 4.79 Å². The molecule has 31 heavy (non-hydrogen) atoms. The highest BCUT2D eigenvalue weighted by Crippen LogP contribution is 2.31. The van der Waals surface area contributed by atoms with E-state index in [0.717, 1.165) is 22.8 Å². The maximum Gasteiger partial charge on any atom is 0.236 e. The van der Waals surface area contributed by atoms with Crippen molar-refractivity contribution in [3.63, 3.8) is 0 Å². The Balaban J connectivity index is 1.67. The number of nitrogens with zero attached hydrogens (tertiary/aromatic N) is 4. The third kappa shape index (κ3) is 4.75. The van der Waals surface area contributed by atoms with Crippen molar-refractivity contribution < 1.29 is 14.3 Å².